The molecule has 0 aromatic carbocycles. The summed E-state index contributed by atoms with van der Waals surface area (Å²) in [7, 11) is 2.35. The van der Waals surface area contributed by atoms with Crippen LogP contribution in [0.4, 0.5) is 0 Å². The summed E-state index contributed by atoms with van der Waals surface area (Å²) in [5.74, 6) is 0. The van der Waals surface area contributed by atoms with E-state index in [1.54, 1.807) is 5.64 Å². The van der Waals surface area contributed by atoms with Crippen LogP contribution in [0, 0.1) is 10.4 Å². The van der Waals surface area contributed by atoms with Crippen molar-refractivity contribution in [1.29, 1.82) is 0 Å². The van der Waals surface area contributed by atoms with Crippen molar-refractivity contribution in [3.05, 3.63) is 10.4 Å². The van der Waals surface area contributed by atoms with Gasteiger partial charge in [0.15, 0.2) is 0 Å². The predicted octanol–water partition coefficient (Wildman–Crippen LogP) is -3.71. The lowest BCUT2D eigenvalue weighted by Crippen LogP contribution is -3.08. The SMILES string of the molecule is C[NH+]([O-])ONO[NH+](C)[O-]. The highest BCUT2D eigenvalue weighted by atomic mass is 17.1. The van der Waals surface area contributed by atoms with E-state index in [0.29, 0.717) is 0 Å². The predicted molar refractivity (Wildman–Crippen MR) is 25.8 cm³/mol. The maximum atomic E-state index is 9.95. The second-order valence-electron chi connectivity index (χ2n) is 1.27. The van der Waals surface area contributed by atoms with Crippen LogP contribution in [0.2, 0.25) is 0 Å². The molecule has 0 aliphatic rings. The van der Waals surface area contributed by atoms with Crippen LogP contribution >= 0.6 is 0 Å². The van der Waals surface area contributed by atoms with Gasteiger partial charge in [0.2, 0.25) is 0 Å². The molecule has 0 bridgehead atoms. The molecule has 0 spiro atoms. The van der Waals surface area contributed by atoms with Gasteiger partial charge in [-0.25, -0.2) is 10.5 Å². The van der Waals surface area contributed by atoms with E-state index in [1.165, 1.54) is 14.1 Å². The summed E-state index contributed by atoms with van der Waals surface area (Å²) < 4.78 is 0. The van der Waals surface area contributed by atoms with Crippen LogP contribution in [-0.4, -0.2) is 14.1 Å². The minimum Gasteiger partial charge on any atom is -0.598 e. The summed E-state index contributed by atoms with van der Waals surface area (Å²) >= 11 is 0. The summed E-state index contributed by atoms with van der Waals surface area (Å²) in [4.78, 5) is 8.04. The number of nitrogens with one attached hydrogen (secondary N) is 3. The molecule has 0 aromatic rings. The van der Waals surface area contributed by atoms with Crippen molar-refractivity contribution in [2.24, 2.45) is 0 Å². The Morgan fingerprint density at radius 1 is 1.11 bits per heavy atom. The van der Waals surface area contributed by atoms with Gasteiger partial charge in [-0.3, -0.25) is 0 Å². The fourth-order valence-electron chi connectivity index (χ4n) is 0.138. The zero-order valence-electron chi connectivity index (χ0n) is 5.13. The van der Waals surface area contributed by atoms with Crippen molar-refractivity contribution in [2.75, 3.05) is 14.1 Å². The fraction of sp³-hybridized carbons (Fsp3) is 1.00. The summed E-state index contributed by atoms with van der Waals surface area (Å²) in [6.45, 7) is 0. The Kier molecular flexibility index (Phi) is 4.44. The first kappa shape index (κ1) is 8.72. The summed E-state index contributed by atoms with van der Waals surface area (Å²) in [5.41, 5.74) is 1.69. The topological polar surface area (TPSA) is 85.5 Å². The van der Waals surface area contributed by atoms with Crippen LogP contribution in [-0.2, 0) is 9.88 Å². The average Bonchev–Trinajstić information content (AvgIpc) is 1.63. The summed E-state index contributed by atoms with van der Waals surface area (Å²) in [6, 6.07) is 0. The van der Waals surface area contributed by atoms with Gasteiger partial charge in [0.25, 0.3) is 0 Å². The van der Waals surface area contributed by atoms with E-state index in [4.69, 9.17) is 0 Å². The second kappa shape index (κ2) is 4.58. The first-order valence-electron chi connectivity index (χ1n) is 2.22. The van der Waals surface area contributed by atoms with E-state index in [1.807, 2.05) is 0 Å². The Balaban J connectivity index is 2.91. The zero-order chi connectivity index (χ0) is 7.28. The Bertz CT molecular complexity index is 58.8. The highest BCUT2D eigenvalue weighted by molar-refractivity contribution is 3.82. The lowest BCUT2D eigenvalue weighted by molar-refractivity contribution is -1.11. The number of hydroxylamine groups is 4. The molecule has 9 heavy (non-hydrogen) atoms. The van der Waals surface area contributed by atoms with Gasteiger partial charge in [0.1, 0.15) is 0 Å². The highest BCUT2D eigenvalue weighted by Crippen LogP contribution is 1.39. The van der Waals surface area contributed by atoms with Crippen LogP contribution < -0.4 is 16.1 Å². The molecule has 0 aliphatic heterocycles. The van der Waals surface area contributed by atoms with Crippen LogP contribution in [0.3, 0.4) is 0 Å². The van der Waals surface area contributed by atoms with Gasteiger partial charge in [0.05, 0.1) is 14.1 Å². The van der Waals surface area contributed by atoms with Crippen molar-refractivity contribution >= 4 is 0 Å². The standard InChI is InChI=1S/C2H9N3O4/c1-4(6)8-3-9-5(2)7/h3-5H,1-2H3. The third-order valence-electron chi connectivity index (χ3n) is 0.371. The van der Waals surface area contributed by atoms with Gasteiger partial charge < -0.3 is 10.4 Å². The van der Waals surface area contributed by atoms with Gasteiger partial charge in [-0.05, 0) is 0 Å². The third-order valence-corrected chi connectivity index (χ3v) is 0.371. The maximum absolute atomic E-state index is 9.95. The third kappa shape index (κ3) is 7.72. The molecule has 0 radical (unpaired) electrons. The van der Waals surface area contributed by atoms with Crippen molar-refractivity contribution < 1.29 is 20.3 Å². The Labute approximate surface area is 51.7 Å². The fourth-order valence-corrected chi connectivity index (χ4v) is 0.138. The molecule has 0 rings (SSSR count). The van der Waals surface area contributed by atoms with Gasteiger partial charge >= 0.3 is 0 Å². The monoisotopic (exact) mass is 139 g/mol. The molecule has 0 fully saturated rings. The number of rotatable bonds is 4. The summed E-state index contributed by atoms with van der Waals surface area (Å²) in [6.07, 6.45) is 0. The smallest absolute Gasteiger partial charge is 0.0983 e. The molecule has 2 unspecified atom stereocenters. The van der Waals surface area contributed by atoms with Crippen molar-refractivity contribution in [1.82, 2.24) is 5.64 Å². The van der Waals surface area contributed by atoms with Gasteiger partial charge in [-0.15, -0.1) is 0 Å². The molecular weight excluding hydrogens is 130 g/mol. The second-order valence-corrected chi connectivity index (χ2v) is 1.27. The van der Waals surface area contributed by atoms with Crippen LogP contribution in [0.25, 0.3) is 0 Å². The molecule has 0 saturated heterocycles. The van der Waals surface area contributed by atoms with E-state index >= 15 is 0 Å². The van der Waals surface area contributed by atoms with E-state index in [0.717, 1.165) is 0 Å². The largest absolute Gasteiger partial charge is 0.598 e. The molecule has 0 aromatic heterocycles. The minimum atomic E-state index is -0.573. The van der Waals surface area contributed by atoms with Gasteiger partial charge in [-0.2, -0.15) is 0 Å². The van der Waals surface area contributed by atoms with Crippen molar-refractivity contribution in [2.45, 2.75) is 0 Å². The Morgan fingerprint density at radius 3 is 1.67 bits per heavy atom. The molecular formula is C2H9N3O4. The number of hydrogen-bond acceptors (Lipinski definition) is 5. The van der Waals surface area contributed by atoms with Crippen LogP contribution in [0.5, 0.6) is 0 Å². The molecule has 0 amide bonds. The number of quaternary nitrogens is 2. The Hall–Kier alpha value is -0.280. The first-order chi connectivity index (χ1) is 4.13. The van der Waals surface area contributed by atoms with E-state index < -0.39 is 10.5 Å². The van der Waals surface area contributed by atoms with Crippen LogP contribution in [0.1, 0.15) is 0 Å². The van der Waals surface area contributed by atoms with E-state index in [-0.39, 0.29) is 0 Å². The van der Waals surface area contributed by atoms with Gasteiger partial charge in [0, 0.05) is 5.64 Å². The molecule has 0 heterocycles. The molecule has 2 atom stereocenters. The lowest BCUT2D eigenvalue weighted by Gasteiger charge is -2.15. The molecule has 0 saturated carbocycles. The Morgan fingerprint density at radius 2 is 1.44 bits per heavy atom. The van der Waals surface area contributed by atoms with Crippen molar-refractivity contribution in [3.63, 3.8) is 0 Å². The lowest BCUT2D eigenvalue weighted by atomic mass is 11.5. The molecule has 7 nitrogen and oxygen atoms in total. The van der Waals surface area contributed by atoms with Crippen LogP contribution in [0.15, 0.2) is 0 Å². The molecule has 3 N–H and O–H groups in total. The van der Waals surface area contributed by atoms with E-state index in [2.05, 4.69) is 9.88 Å². The minimum absolute atomic E-state index is 0.573. The average molecular weight is 139 g/mol. The quantitative estimate of drug-likeness (QED) is 0.349. The molecule has 56 valence electrons. The maximum Gasteiger partial charge on any atom is 0.0983 e. The summed E-state index contributed by atoms with van der Waals surface area (Å²) in [5, 5.41) is 18.8. The number of hydrogen-bond donors (Lipinski definition) is 3. The van der Waals surface area contributed by atoms with Crippen molar-refractivity contribution in [3.8, 4) is 0 Å². The first-order valence-corrected chi connectivity index (χ1v) is 2.22. The molecule has 7 heteroatoms. The molecule has 0 aliphatic carbocycles. The van der Waals surface area contributed by atoms with E-state index in [9.17, 15) is 10.4 Å². The zero-order valence-corrected chi connectivity index (χ0v) is 5.13. The van der Waals surface area contributed by atoms with Gasteiger partial charge in [-0.1, -0.05) is 9.88 Å². The normalized spacial score (nSPS) is 17.3. The highest BCUT2D eigenvalue weighted by Gasteiger charge is 1.89.